The summed E-state index contributed by atoms with van der Waals surface area (Å²) in [7, 11) is -3.96. The fourth-order valence-corrected chi connectivity index (χ4v) is 5.44. The van der Waals surface area contributed by atoms with Crippen LogP contribution in [-0.4, -0.2) is 20.9 Å². The normalized spacial score (nSPS) is 11.3. The fraction of sp³-hybridized carbons (Fsp3) is 0.269. The molecule has 0 bridgehead atoms. The van der Waals surface area contributed by atoms with Crippen LogP contribution < -0.4 is 9.62 Å². The van der Waals surface area contributed by atoms with Crippen LogP contribution in [0.5, 0.6) is 0 Å². The van der Waals surface area contributed by atoms with Gasteiger partial charge in [0.15, 0.2) is 0 Å². The molecule has 0 unspecified atom stereocenters. The Morgan fingerprint density at radius 2 is 1.67 bits per heavy atom. The molecular weight excluding hydrogens is 456 g/mol. The predicted molar refractivity (Wildman–Crippen MR) is 134 cm³/mol. The molecular formula is C26H29ClN2O3S. The van der Waals surface area contributed by atoms with E-state index in [0.717, 1.165) is 28.3 Å². The number of benzene rings is 3. The Morgan fingerprint density at radius 1 is 0.939 bits per heavy atom. The van der Waals surface area contributed by atoms with Crippen molar-refractivity contribution >= 4 is 33.2 Å². The van der Waals surface area contributed by atoms with Gasteiger partial charge in [-0.05, 0) is 72.4 Å². The van der Waals surface area contributed by atoms with E-state index in [4.69, 9.17) is 11.6 Å². The molecule has 5 nitrogen and oxygen atoms in total. The smallest absolute Gasteiger partial charge is 0.264 e. The van der Waals surface area contributed by atoms with Crippen molar-refractivity contribution in [1.82, 2.24) is 5.32 Å². The molecule has 0 radical (unpaired) electrons. The molecule has 174 valence electrons. The Kier molecular flexibility index (Phi) is 8.16. The number of amides is 1. The number of nitrogens with one attached hydrogen (secondary N) is 1. The van der Waals surface area contributed by atoms with Gasteiger partial charge >= 0.3 is 0 Å². The summed E-state index contributed by atoms with van der Waals surface area (Å²) in [5.74, 6) is -0.382. The maximum absolute atomic E-state index is 13.5. The van der Waals surface area contributed by atoms with Crippen molar-refractivity contribution in [2.24, 2.45) is 0 Å². The zero-order chi connectivity index (χ0) is 24.0. The highest BCUT2D eigenvalue weighted by atomic mass is 35.5. The number of anilines is 1. The summed E-state index contributed by atoms with van der Waals surface area (Å²) in [5.41, 5.74) is 4.49. The van der Waals surface area contributed by atoms with E-state index >= 15 is 0 Å². The van der Waals surface area contributed by atoms with Gasteiger partial charge in [-0.2, -0.15) is 0 Å². The summed E-state index contributed by atoms with van der Waals surface area (Å²) in [6, 6.07) is 19.3. The van der Waals surface area contributed by atoms with Crippen LogP contribution in [0.2, 0.25) is 5.02 Å². The van der Waals surface area contributed by atoms with Crippen molar-refractivity contribution in [3.05, 3.63) is 94.0 Å². The minimum Gasteiger partial charge on any atom is -0.350 e. The first kappa shape index (κ1) is 24.8. The van der Waals surface area contributed by atoms with Crippen LogP contribution in [0.1, 0.15) is 36.1 Å². The minimum atomic E-state index is -3.96. The van der Waals surface area contributed by atoms with Gasteiger partial charge in [-0.1, -0.05) is 61.8 Å². The van der Waals surface area contributed by atoms with Gasteiger partial charge < -0.3 is 5.32 Å². The van der Waals surface area contributed by atoms with Crippen LogP contribution in [0.3, 0.4) is 0 Å². The first-order chi connectivity index (χ1) is 15.8. The van der Waals surface area contributed by atoms with E-state index in [1.54, 1.807) is 43.3 Å². The summed E-state index contributed by atoms with van der Waals surface area (Å²) in [5, 5.41) is 3.41. The summed E-state index contributed by atoms with van der Waals surface area (Å²) in [6.07, 6.45) is 1.76. The number of rotatable bonds is 9. The molecule has 0 saturated carbocycles. The van der Waals surface area contributed by atoms with Crippen molar-refractivity contribution in [1.29, 1.82) is 0 Å². The maximum Gasteiger partial charge on any atom is 0.264 e. The van der Waals surface area contributed by atoms with Gasteiger partial charge in [0.05, 0.1) is 10.6 Å². The lowest BCUT2D eigenvalue weighted by molar-refractivity contribution is -0.119. The lowest BCUT2D eigenvalue weighted by Crippen LogP contribution is -2.41. The lowest BCUT2D eigenvalue weighted by Gasteiger charge is -2.26. The van der Waals surface area contributed by atoms with Crippen LogP contribution in [0.25, 0.3) is 0 Å². The first-order valence-corrected chi connectivity index (χ1v) is 12.8. The third-order valence-electron chi connectivity index (χ3n) is 5.58. The van der Waals surface area contributed by atoms with E-state index in [-0.39, 0.29) is 17.3 Å². The van der Waals surface area contributed by atoms with E-state index in [9.17, 15) is 13.2 Å². The van der Waals surface area contributed by atoms with E-state index < -0.39 is 10.0 Å². The molecule has 0 spiro atoms. The third-order valence-corrected chi connectivity index (χ3v) is 7.59. The van der Waals surface area contributed by atoms with Gasteiger partial charge in [0.25, 0.3) is 10.0 Å². The number of carbonyl (C=O) groups is 1. The summed E-state index contributed by atoms with van der Waals surface area (Å²) < 4.78 is 28.1. The zero-order valence-corrected chi connectivity index (χ0v) is 20.7. The zero-order valence-electron chi connectivity index (χ0n) is 19.1. The Bertz CT molecular complexity index is 1230. The van der Waals surface area contributed by atoms with Crippen molar-refractivity contribution in [3.8, 4) is 0 Å². The second-order valence-electron chi connectivity index (χ2n) is 7.84. The summed E-state index contributed by atoms with van der Waals surface area (Å²) >= 11 is 6.08. The van der Waals surface area contributed by atoms with Gasteiger partial charge in [-0.15, -0.1) is 0 Å². The molecule has 0 aliphatic heterocycles. The average Bonchev–Trinajstić information content (AvgIpc) is 2.82. The van der Waals surface area contributed by atoms with E-state index in [1.807, 2.05) is 0 Å². The molecule has 0 aliphatic carbocycles. The molecule has 3 aromatic rings. The van der Waals surface area contributed by atoms with Crippen LogP contribution in [0, 0.1) is 6.92 Å². The highest BCUT2D eigenvalue weighted by Gasteiger charge is 2.28. The highest BCUT2D eigenvalue weighted by Crippen LogP contribution is 2.28. The predicted octanol–water partition coefficient (Wildman–Crippen LogP) is 5.28. The second kappa shape index (κ2) is 10.9. The number of hydrogen-bond acceptors (Lipinski definition) is 3. The molecule has 1 N–H and O–H groups in total. The monoisotopic (exact) mass is 484 g/mol. The van der Waals surface area contributed by atoms with Crippen molar-refractivity contribution in [2.75, 3.05) is 10.8 Å². The molecule has 0 aliphatic rings. The second-order valence-corrected chi connectivity index (χ2v) is 10.1. The molecule has 0 atom stereocenters. The van der Waals surface area contributed by atoms with Gasteiger partial charge in [-0.25, -0.2) is 8.42 Å². The molecule has 1 amide bonds. The first-order valence-electron chi connectivity index (χ1n) is 11.0. The molecule has 0 heterocycles. The molecule has 0 saturated heterocycles. The number of hydrogen-bond donors (Lipinski definition) is 1. The van der Waals surface area contributed by atoms with Gasteiger partial charge in [-0.3, -0.25) is 9.10 Å². The molecule has 3 aromatic carbocycles. The van der Waals surface area contributed by atoms with Gasteiger partial charge in [0.1, 0.15) is 6.54 Å². The molecule has 33 heavy (non-hydrogen) atoms. The van der Waals surface area contributed by atoms with Crippen LogP contribution in [0.4, 0.5) is 5.69 Å². The summed E-state index contributed by atoms with van der Waals surface area (Å²) in [6.45, 7) is 5.94. The van der Waals surface area contributed by atoms with Gasteiger partial charge in [0, 0.05) is 11.6 Å². The molecule has 7 heteroatoms. The maximum atomic E-state index is 13.5. The molecule has 0 fully saturated rings. The Labute approximate surface area is 201 Å². The van der Waals surface area contributed by atoms with Crippen LogP contribution >= 0.6 is 11.6 Å². The number of aryl methyl sites for hydroxylation is 3. The van der Waals surface area contributed by atoms with Crippen LogP contribution in [-0.2, 0) is 34.2 Å². The van der Waals surface area contributed by atoms with E-state index in [1.165, 1.54) is 17.7 Å². The number of carbonyl (C=O) groups excluding carboxylic acids is 1. The van der Waals surface area contributed by atoms with E-state index in [0.29, 0.717) is 22.8 Å². The standard InChI is InChI=1S/C26H29ClN2O3S/c1-4-20-11-12-21(5-2)22(16-20)17-28-26(30)18-29(25-14-13-23(27)15-19(25)3)33(31,32)24-9-7-6-8-10-24/h6-16H,4-5,17-18H2,1-3H3,(H,28,30). The quantitative estimate of drug-likeness (QED) is 0.449. The number of halogens is 1. The lowest BCUT2D eigenvalue weighted by atomic mass is 10.0. The SMILES string of the molecule is CCc1ccc(CC)c(CNC(=O)CN(c2ccc(Cl)cc2C)S(=O)(=O)c2ccccc2)c1. The average molecular weight is 485 g/mol. The van der Waals surface area contributed by atoms with Crippen molar-refractivity contribution in [3.63, 3.8) is 0 Å². The molecule has 3 rings (SSSR count). The molecule has 0 aromatic heterocycles. The Hall–Kier alpha value is -2.83. The van der Waals surface area contributed by atoms with Gasteiger partial charge in [0.2, 0.25) is 5.91 Å². The van der Waals surface area contributed by atoms with Crippen molar-refractivity contribution in [2.45, 2.75) is 45.1 Å². The minimum absolute atomic E-state index is 0.121. The van der Waals surface area contributed by atoms with Crippen LogP contribution in [0.15, 0.2) is 71.6 Å². The Morgan fingerprint density at radius 3 is 2.30 bits per heavy atom. The fourth-order valence-electron chi connectivity index (χ4n) is 3.71. The highest BCUT2D eigenvalue weighted by molar-refractivity contribution is 7.92. The largest absolute Gasteiger partial charge is 0.350 e. The van der Waals surface area contributed by atoms with E-state index in [2.05, 4.69) is 37.4 Å². The third kappa shape index (κ3) is 5.95. The number of sulfonamides is 1. The number of nitrogens with zero attached hydrogens (tertiary/aromatic N) is 1. The summed E-state index contributed by atoms with van der Waals surface area (Å²) in [4.78, 5) is 13.1. The van der Waals surface area contributed by atoms with Crippen molar-refractivity contribution < 1.29 is 13.2 Å². The topological polar surface area (TPSA) is 66.5 Å². The Balaban J connectivity index is 1.89.